The monoisotopic (exact) mass is 554 g/mol. The van der Waals surface area contributed by atoms with E-state index >= 15 is 0 Å². The van der Waals surface area contributed by atoms with Crippen LogP contribution in [0.1, 0.15) is 50.4 Å². The van der Waals surface area contributed by atoms with Crippen molar-refractivity contribution in [3.63, 3.8) is 0 Å². The molecule has 0 unspecified atom stereocenters. The van der Waals surface area contributed by atoms with Crippen molar-refractivity contribution in [2.75, 3.05) is 6.61 Å². The normalized spacial score (nSPS) is 41.1. The number of carbonyl (C=O) groups is 4. The quantitative estimate of drug-likeness (QED) is 0.441. The van der Waals surface area contributed by atoms with Crippen LogP contribution in [-0.2, 0) is 19.1 Å². The summed E-state index contributed by atoms with van der Waals surface area (Å²) in [6, 6.07) is 8.49. The van der Waals surface area contributed by atoms with E-state index in [1.54, 1.807) is 42.5 Å². The zero-order valence-electron chi connectivity index (χ0n) is 20.7. The molecule has 5 rings (SSSR count). The lowest BCUT2D eigenvalue weighted by Gasteiger charge is -2.58. The SMILES string of the molecule is C[C@@H]1C[C@H]2[C@@H]3[C@H](Br)CC4=CC(=O)C=C[C@]4(C)[C@H]3C(=O)C[C@]2(C)[C@]1(OC(=O)c1ccccc1)C(=O)CO. The van der Waals surface area contributed by atoms with E-state index in [0.717, 1.165) is 5.57 Å². The molecule has 0 spiro atoms. The summed E-state index contributed by atoms with van der Waals surface area (Å²) < 4.78 is 6.15. The summed E-state index contributed by atoms with van der Waals surface area (Å²) >= 11 is 3.85. The third kappa shape index (κ3) is 3.31. The van der Waals surface area contributed by atoms with E-state index in [2.05, 4.69) is 15.9 Å². The summed E-state index contributed by atoms with van der Waals surface area (Å²) in [6.07, 6.45) is 6.34. The number of halogens is 1. The van der Waals surface area contributed by atoms with Gasteiger partial charge in [-0.25, -0.2) is 4.79 Å². The highest BCUT2D eigenvalue weighted by molar-refractivity contribution is 9.09. The molecule has 1 N–H and O–H groups in total. The maximum atomic E-state index is 14.0. The molecule has 6 nitrogen and oxygen atoms in total. The van der Waals surface area contributed by atoms with Gasteiger partial charge in [0, 0.05) is 33.9 Å². The van der Waals surface area contributed by atoms with Gasteiger partial charge in [0.15, 0.2) is 11.4 Å². The highest BCUT2D eigenvalue weighted by atomic mass is 79.9. The number of hydrogen-bond acceptors (Lipinski definition) is 6. The largest absolute Gasteiger partial charge is 0.446 e. The van der Waals surface area contributed by atoms with Gasteiger partial charge >= 0.3 is 5.97 Å². The van der Waals surface area contributed by atoms with Crippen molar-refractivity contribution in [3.05, 3.63) is 59.7 Å². The Hall–Kier alpha value is -2.38. The Morgan fingerprint density at radius 3 is 2.53 bits per heavy atom. The molecule has 7 heteroatoms. The Balaban J connectivity index is 1.61. The Kier molecular flexibility index (Phi) is 6.03. The lowest BCUT2D eigenvalue weighted by atomic mass is 9.46. The van der Waals surface area contributed by atoms with Crippen molar-refractivity contribution < 1.29 is 29.0 Å². The topological polar surface area (TPSA) is 97.7 Å². The number of ether oxygens (including phenoxy) is 1. The number of aliphatic hydroxyl groups excluding tert-OH is 1. The lowest BCUT2D eigenvalue weighted by molar-refractivity contribution is -0.174. The van der Waals surface area contributed by atoms with Crippen molar-refractivity contribution >= 4 is 39.2 Å². The fourth-order valence-electron chi connectivity index (χ4n) is 8.03. The minimum Gasteiger partial charge on any atom is -0.446 e. The van der Waals surface area contributed by atoms with Crippen molar-refractivity contribution in [1.82, 2.24) is 0 Å². The van der Waals surface area contributed by atoms with E-state index in [4.69, 9.17) is 4.74 Å². The van der Waals surface area contributed by atoms with Gasteiger partial charge in [-0.05, 0) is 49.0 Å². The summed E-state index contributed by atoms with van der Waals surface area (Å²) in [4.78, 5) is 52.9. The van der Waals surface area contributed by atoms with Crippen LogP contribution in [0.3, 0.4) is 0 Å². The van der Waals surface area contributed by atoms with Gasteiger partial charge < -0.3 is 9.84 Å². The average Bonchev–Trinajstić information content (AvgIpc) is 3.06. The Bertz CT molecular complexity index is 1200. The second-order valence-electron chi connectivity index (χ2n) is 11.3. The van der Waals surface area contributed by atoms with E-state index in [-0.39, 0.29) is 46.5 Å². The molecule has 0 aromatic heterocycles. The zero-order valence-corrected chi connectivity index (χ0v) is 22.3. The van der Waals surface area contributed by atoms with Crippen LogP contribution in [0.15, 0.2) is 54.1 Å². The van der Waals surface area contributed by atoms with E-state index < -0.39 is 34.8 Å². The van der Waals surface area contributed by atoms with Gasteiger partial charge in [0.25, 0.3) is 0 Å². The summed E-state index contributed by atoms with van der Waals surface area (Å²) in [5.74, 6) is -2.25. The number of carbonyl (C=O) groups excluding carboxylic acids is 4. The summed E-state index contributed by atoms with van der Waals surface area (Å²) in [5.41, 5.74) is -1.90. The molecule has 8 atom stereocenters. The molecule has 1 aromatic rings. The second kappa shape index (κ2) is 8.59. The first-order valence-corrected chi connectivity index (χ1v) is 13.4. The van der Waals surface area contributed by atoms with Crippen LogP contribution in [0, 0.1) is 34.5 Å². The number of allylic oxidation sites excluding steroid dienone is 4. The maximum absolute atomic E-state index is 14.0. The molecule has 190 valence electrons. The van der Waals surface area contributed by atoms with E-state index in [0.29, 0.717) is 18.4 Å². The van der Waals surface area contributed by atoms with Gasteiger partial charge in [0.2, 0.25) is 5.78 Å². The van der Waals surface area contributed by atoms with Crippen LogP contribution in [-0.4, -0.2) is 45.5 Å². The molecule has 0 aliphatic heterocycles. The number of benzene rings is 1. The molecule has 0 radical (unpaired) electrons. The summed E-state index contributed by atoms with van der Waals surface area (Å²) in [5, 5.41) is 10.1. The molecule has 0 saturated heterocycles. The molecule has 0 heterocycles. The van der Waals surface area contributed by atoms with Gasteiger partial charge in [-0.1, -0.05) is 66.5 Å². The first kappa shape index (κ1) is 25.3. The number of Topliss-reactive ketones (excluding diaryl/α,β-unsaturated/α-hetero) is 2. The van der Waals surface area contributed by atoms with Crippen molar-refractivity contribution in [2.24, 2.45) is 34.5 Å². The van der Waals surface area contributed by atoms with Gasteiger partial charge in [-0.2, -0.15) is 0 Å². The minimum atomic E-state index is -1.62. The van der Waals surface area contributed by atoms with Crippen LogP contribution in [0.2, 0.25) is 0 Å². The number of rotatable bonds is 4. The summed E-state index contributed by atoms with van der Waals surface area (Å²) in [7, 11) is 0. The van der Waals surface area contributed by atoms with Gasteiger partial charge in [0.1, 0.15) is 12.4 Å². The highest BCUT2D eigenvalue weighted by Gasteiger charge is 2.73. The third-order valence-corrected chi connectivity index (χ3v) is 10.5. The average molecular weight is 555 g/mol. The predicted molar refractivity (Wildman–Crippen MR) is 136 cm³/mol. The van der Waals surface area contributed by atoms with E-state index in [1.165, 1.54) is 0 Å². The number of ketones is 3. The fraction of sp³-hybridized carbons (Fsp3) is 0.517. The molecular formula is C29H31BrO6. The standard InChI is InChI=1S/C29H31BrO6/c1-16-11-20-24-21(30)13-18-12-19(32)9-10-27(18,2)25(24)22(33)14-28(20,3)29(16,23(34)15-31)36-26(35)17-7-5-4-6-8-17/h4-10,12,16,20-21,24-25,31H,11,13-15H2,1-3H3/t16-,20+,21-,24-,25+,27+,28+,29-/m1/s1. The lowest BCUT2D eigenvalue weighted by Crippen LogP contribution is -2.64. The molecule has 0 bridgehead atoms. The molecular weight excluding hydrogens is 524 g/mol. The Morgan fingerprint density at radius 1 is 1.17 bits per heavy atom. The smallest absolute Gasteiger partial charge is 0.339 e. The third-order valence-electron chi connectivity index (χ3n) is 9.61. The number of aliphatic hydroxyl groups is 1. The summed E-state index contributed by atoms with van der Waals surface area (Å²) in [6.45, 7) is 5.02. The maximum Gasteiger partial charge on any atom is 0.339 e. The van der Waals surface area contributed by atoms with Crippen molar-refractivity contribution in [1.29, 1.82) is 0 Å². The van der Waals surface area contributed by atoms with Crippen molar-refractivity contribution in [2.45, 2.75) is 50.5 Å². The van der Waals surface area contributed by atoms with Crippen LogP contribution in [0.25, 0.3) is 0 Å². The molecule has 4 aliphatic rings. The number of hydrogen-bond donors (Lipinski definition) is 1. The van der Waals surface area contributed by atoms with Crippen LogP contribution in [0.4, 0.5) is 0 Å². The van der Waals surface area contributed by atoms with E-state index in [1.807, 2.05) is 26.8 Å². The van der Waals surface area contributed by atoms with Gasteiger partial charge in [0.05, 0.1) is 5.56 Å². The zero-order chi connectivity index (χ0) is 26.0. The number of alkyl halides is 1. The highest BCUT2D eigenvalue weighted by Crippen LogP contribution is 2.69. The number of fused-ring (bicyclic) bond motifs is 5. The molecule has 4 aliphatic carbocycles. The number of esters is 1. The van der Waals surface area contributed by atoms with Crippen LogP contribution < -0.4 is 0 Å². The molecule has 3 fully saturated rings. The Morgan fingerprint density at radius 2 is 1.86 bits per heavy atom. The fourth-order valence-corrected chi connectivity index (χ4v) is 9.06. The van der Waals surface area contributed by atoms with Crippen LogP contribution in [0.5, 0.6) is 0 Å². The van der Waals surface area contributed by atoms with Crippen molar-refractivity contribution in [3.8, 4) is 0 Å². The van der Waals surface area contributed by atoms with Gasteiger partial charge in [-0.3, -0.25) is 14.4 Å². The molecule has 3 saturated carbocycles. The second-order valence-corrected chi connectivity index (χ2v) is 12.5. The first-order chi connectivity index (χ1) is 17.0. The molecule has 1 aromatic carbocycles. The predicted octanol–water partition coefficient (Wildman–Crippen LogP) is 4.25. The van der Waals surface area contributed by atoms with Crippen LogP contribution >= 0.6 is 15.9 Å². The molecule has 36 heavy (non-hydrogen) atoms. The van der Waals surface area contributed by atoms with Gasteiger partial charge in [-0.15, -0.1) is 0 Å². The first-order valence-electron chi connectivity index (χ1n) is 12.5. The Labute approximate surface area is 219 Å². The minimum absolute atomic E-state index is 0.00438. The molecule has 0 amide bonds. The van der Waals surface area contributed by atoms with E-state index in [9.17, 15) is 24.3 Å².